The van der Waals surface area contributed by atoms with Crippen LogP contribution in [0.2, 0.25) is 0 Å². The van der Waals surface area contributed by atoms with E-state index >= 15 is 0 Å². The van der Waals surface area contributed by atoms with Crippen LogP contribution in [0.5, 0.6) is 0 Å². The maximum atomic E-state index is 9.55. The minimum Gasteiger partial charge on any atom is -0.457 e. The third-order valence-electron chi connectivity index (χ3n) is 7.32. The molecule has 0 aliphatic carbocycles. The summed E-state index contributed by atoms with van der Waals surface area (Å²) in [5.74, 6) is 1.09. The van der Waals surface area contributed by atoms with Crippen molar-refractivity contribution < 1.29 is 4.74 Å². The van der Waals surface area contributed by atoms with Crippen molar-refractivity contribution in [2.45, 2.75) is 0 Å². The second-order valence-electron chi connectivity index (χ2n) is 10.3. The molecule has 1 aromatic heterocycles. The first kappa shape index (κ1) is 27.1. The van der Waals surface area contributed by atoms with E-state index in [0.29, 0.717) is 17.1 Å². The predicted octanol–water partition coefficient (Wildman–Crippen LogP) is 9.07. The molecular weight excluding hydrogens is 528 g/mol. The third kappa shape index (κ3) is 5.61. The monoisotopic (exact) mass is 556 g/mol. The van der Waals surface area contributed by atoms with Crippen molar-refractivity contribution in [3.63, 3.8) is 0 Å². The summed E-state index contributed by atoms with van der Waals surface area (Å²) < 4.78 is 8.46. The van der Waals surface area contributed by atoms with E-state index in [1.54, 1.807) is 12.2 Å². The second kappa shape index (κ2) is 11.8. The number of rotatable bonds is 6. The highest BCUT2D eigenvalue weighted by Crippen LogP contribution is 2.33. The van der Waals surface area contributed by atoms with Crippen molar-refractivity contribution in [3.05, 3.63) is 167 Å². The number of benzene rings is 4. The van der Waals surface area contributed by atoms with E-state index in [1.165, 1.54) is 5.39 Å². The molecular formula is C38H28N4O. The molecule has 5 aromatic rings. The van der Waals surface area contributed by atoms with E-state index in [-0.39, 0.29) is 5.70 Å². The van der Waals surface area contributed by atoms with Crippen molar-refractivity contribution in [1.82, 2.24) is 4.57 Å². The molecule has 0 saturated carbocycles. The lowest BCUT2D eigenvalue weighted by atomic mass is 10.1. The maximum Gasteiger partial charge on any atom is 0.269 e. The summed E-state index contributed by atoms with van der Waals surface area (Å²) in [4.78, 5) is 5.47. The highest BCUT2D eigenvalue weighted by atomic mass is 16.5. The van der Waals surface area contributed by atoms with Crippen LogP contribution in [0.1, 0.15) is 11.1 Å². The van der Waals surface area contributed by atoms with Crippen LogP contribution in [0.15, 0.2) is 144 Å². The van der Waals surface area contributed by atoms with Crippen LogP contribution < -0.4 is 4.90 Å². The van der Waals surface area contributed by atoms with Gasteiger partial charge < -0.3 is 14.2 Å². The second-order valence-corrected chi connectivity index (χ2v) is 10.3. The molecule has 1 aliphatic heterocycles. The molecule has 0 saturated heterocycles. The summed E-state index contributed by atoms with van der Waals surface area (Å²) in [5, 5.41) is 11.9. The van der Waals surface area contributed by atoms with Gasteiger partial charge in [0.05, 0.1) is 23.7 Å². The highest BCUT2D eigenvalue weighted by molar-refractivity contribution is 6.09. The normalized spacial score (nSPS) is 14.3. The average Bonchev–Trinajstić information content (AvgIpc) is 3.38. The summed E-state index contributed by atoms with van der Waals surface area (Å²) >= 11 is 0. The van der Waals surface area contributed by atoms with Crippen LogP contribution in [0, 0.1) is 17.9 Å². The zero-order valence-electron chi connectivity index (χ0n) is 23.9. The largest absolute Gasteiger partial charge is 0.457 e. The number of para-hydroxylation sites is 2. The molecule has 0 fully saturated rings. The van der Waals surface area contributed by atoms with Gasteiger partial charge in [-0.15, -0.1) is 0 Å². The fourth-order valence-corrected chi connectivity index (χ4v) is 5.19. The SMILES string of the molecule is [C-]#[N+]/C(C#N)=C1C=C(/C=C/c2ccc(N(C)C)cc2)OC(/C=C/c2ccc3c(c2)c2ccccc2n3-c2ccccc2)=C\1. The standard InChI is InChI=1S/C38H28N4O/c1-40-36(26-39)29-24-32(20-15-27-13-18-30(19-14-27)41(2)3)43-33(25-29)21-16-28-17-22-38-35(23-28)34-11-7-8-12-37(34)42(38)31-9-5-4-6-10-31/h4-25H,2-3H3/b20-15+,21-16+,36-29+. The van der Waals surface area contributed by atoms with Gasteiger partial charge >= 0.3 is 0 Å². The molecule has 0 N–H and O–H groups in total. The molecule has 5 nitrogen and oxygen atoms in total. The summed E-state index contributed by atoms with van der Waals surface area (Å²) in [7, 11) is 4.01. The van der Waals surface area contributed by atoms with Gasteiger partial charge in [0, 0.05) is 36.2 Å². The van der Waals surface area contributed by atoms with Gasteiger partial charge in [0.1, 0.15) is 11.5 Å². The van der Waals surface area contributed by atoms with E-state index in [4.69, 9.17) is 11.3 Å². The van der Waals surface area contributed by atoms with Crippen molar-refractivity contribution in [2.75, 3.05) is 19.0 Å². The lowest BCUT2D eigenvalue weighted by molar-refractivity contribution is 0.332. The third-order valence-corrected chi connectivity index (χ3v) is 7.32. The first-order valence-electron chi connectivity index (χ1n) is 13.9. The number of allylic oxidation sites excluding steroid dienone is 6. The maximum absolute atomic E-state index is 9.55. The number of hydrogen-bond acceptors (Lipinski definition) is 3. The fourth-order valence-electron chi connectivity index (χ4n) is 5.19. The Hall–Kier alpha value is -6.04. The summed E-state index contributed by atoms with van der Waals surface area (Å²) in [6.45, 7) is 7.47. The number of nitriles is 1. The van der Waals surface area contributed by atoms with Crippen LogP contribution in [-0.2, 0) is 4.74 Å². The van der Waals surface area contributed by atoms with E-state index < -0.39 is 0 Å². The Labute approximate surface area is 251 Å². The number of anilines is 1. The molecule has 2 heterocycles. The Bertz CT molecular complexity index is 2060. The van der Waals surface area contributed by atoms with Crippen LogP contribution in [0.25, 0.3) is 44.5 Å². The first-order chi connectivity index (χ1) is 21.0. The van der Waals surface area contributed by atoms with Gasteiger partial charge in [-0.3, -0.25) is 0 Å². The lowest BCUT2D eigenvalue weighted by Crippen LogP contribution is -2.07. The molecule has 4 aromatic carbocycles. The predicted molar refractivity (Wildman–Crippen MR) is 176 cm³/mol. The molecule has 0 spiro atoms. The van der Waals surface area contributed by atoms with E-state index in [9.17, 15) is 5.26 Å². The van der Waals surface area contributed by atoms with Gasteiger partial charge in [-0.05, 0) is 83.5 Å². The van der Waals surface area contributed by atoms with Gasteiger partial charge in [0.25, 0.3) is 5.70 Å². The summed E-state index contributed by atoms with van der Waals surface area (Å²) in [6, 6.07) is 35.4. The van der Waals surface area contributed by atoms with Crippen molar-refractivity contribution >= 4 is 39.6 Å². The molecule has 206 valence electrons. The van der Waals surface area contributed by atoms with Gasteiger partial charge in [-0.25, -0.2) is 10.1 Å². The Morgan fingerprint density at radius 2 is 1.40 bits per heavy atom. The van der Waals surface area contributed by atoms with Gasteiger partial charge in [-0.2, -0.15) is 0 Å². The van der Waals surface area contributed by atoms with Crippen molar-refractivity contribution in [2.24, 2.45) is 0 Å². The molecule has 0 amide bonds. The van der Waals surface area contributed by atoms with E-state index in [0.717, 1.165) is 38.9 Å². The number of aromatic nitrogens is 1. The molecule has 0 unspecified atom stereocenters. The van der Waals surface area contributed by atoms with E-state index in [1.807, 2.05) is 67.6 Å². The summed E-state index contributed by atoms with van der Waals surface area (Å²) in [6.07, 6.45) is 11.1. The summed E-state index contributed by atoms with van der Waals surface area (Å²) in [5.41, 5.74) is 7.08. The number of ether oxygens (including phenoxy) is 1. The van der Waals surface area contributed by atoms with Gasteiger partial charge in [0.2, 0.25) is 0 Å². The smallest absolute Gasteiger partial charge is 0.269 e. The molecule has 6 rings (SSSR count). The van der Waals surface area contributed by atoms with Gasteiger partial charge in [-0.1, -0.05) is 66.7 Å². The van der Waals surface area contributed by atoms with Crippen LogP contribution in [0.4, 0.5) is 5.69 Å². The molecule has 0 bridgehead atoms. The molecule has 1 aliphatic rings. The molecule has 43 heavy (non-hydrogen) atoms. The molecule has 0 radical (unpaired) electrons. The minimum atomic E-state index is 0.0191. The Kier molecular flexibility index (Phi) is 7.47. The highest BCUT2D eigenvalue weighted by Gasteiger charge is 2.14. The molecule has 5 heteroatoms. The average molecular weight is 557 g/mol. The zero-order valence-corrected chi connectivity index (χ0v) is 23.9. The Morgan fingerprint density at radius 1 is 0.767 bits per heavy atom. The quantitative estimate of drug-likeness (QED) is 0.155. The van der Waals surface area contributed by atoms with Crippen LogP contribution in [-0.4, -0.2) is 18.7 Å². The lowest BCUT2D eigenvalue weighted by Gasteiger charge is -2.14. The number of fused-ring (bicyclic) bond motifs is 3. The first-order valence-corrected chi connectivity index (χ1v) is 13.9. The van der Waals surface area contributed by atoms with Crippen LogP contribution >= 0.6 is 0 Å². The van der Waals surface area contributed by atoms with Crippen molar-refractivity contribution in [3.8, 4) is 11.8 Å². The number of hydrogen-bond donors (Lipinski definition) is 0. The van der Waals surface area contributed by atoms with E-state index in [2.05, 4.69) is 88.3 Å². The van der Waals surface area contributed by atoms with Gasteiger partial charge in [0.15, 0.2) is 0 Å². The minimum absolute atomic E-state index is 0.0191. The molecule has 0 atom stereocenters. The Morgan fingerprint density at radius 3 is 2.07 bits per heavy atom. The fraction of sp³-hybridized carbons (Fsp3) is 0.0526. The van der Waals surface area contributed by atoms with Crippen LogP contribution in [0.3, 0.4) is 0 Å². The topological polar surface area (TPSA) is 45.6 Å². The zero-order chi connectivity index (χ0) is 29.8. The van der Waals surface area contributed by atoms with Crippen molar-refractivity contribution in [1.29, 1.82) is 5.26 Å². The number of nitrogens with zero attached hydrogens (tertiary/aromatic N) is 4. The Balaban J connectivity index is 1.33.